The van der Waals surface area contributed by atoms with Gasteiger partial charge in [0, 0.05) is 17.7 Å². The minimum atomic E-state index is -0.928. The van der Waals surface area contributed by atoms with Gasteiger partial charge in [-0.05, 0) is 65.9 Å². The molecule has 8 nitrogen and oxygen atoms in total. The highest BCUT2D eigenvalue weighted by Gasteiger charge is 2.25. The van der Waals surface area contributed by atoms with Gasteiger partial charge in [-0.3, -0.25) is 10.1 Å². The minimum absolute atomic E-state index is 0.0988. The van der Waals surface area contributed by atoms with Gasteiger partial charge in [0.25, 0.3) is 5.69 Å². The molecule has 4 rings (SSSR count). The second-order valence-corrected chi connectivity index (χ2v) is 16.8. The highest BCUT2D eigenvalue weighted by molar-refractivity contribution is 5.72. The molecule has 1 atom stereocenters. The number of nitrogens with zero attached hydrogens (tertiary/aromatic N) is 1. The van der Waals surface area contributed by atoms with Crippen LogP contribution in [-0.4, -0.2) is 24.3 Å². The van der Waals surface area contributed by atoms with Crippen LogP contribution in [0, 0.1) is 10.1 Å². The summed E-state index contributed by atoms with van der Waals surface area (Å²) in [6.07, 6.45) is 29.2. The number of carbonyl (C=O) groups is 1. The van der Waals surface area contributed by atoms with E-state index in [1.807, 2.05) is 72.8 Å². The van der Waals surface area contributed by atoms with Gasteiger partial charge >= 0.3 is 6.16 Å². The maximum absolute atomic E-state index is 13.4. The van der Waals surface area contributed by atoms with E-state index in [-0.39, 0.29) is 11.4 Å². The van der Waals surface area contributed by atoms with Crippen LogP contribution >= 0.6 is 0 Å². The zero-order valence-electron chi connectivity index (χ0n) is 38.0. The first-order chi connectivity index (χ1) is 30.5. The quantitative estimate of drug-likeness (QED) is 0.0152. The average Bonchev–Trinajstić information content (AvgIpc) is 3.29. The topological polar surface area (TPSA) is 97.1 Å². The molecule has 0 aliphatic heterocycles. The third kappa shape index (κ3) is 19.9. The van der Waals surface area contributed by atoms with Crippen LogP contribution in [0.5, 0.6) is 17.2 Å². The maximum atomic E-state index is 13.4. The van der Waals surface area contributed by atoms with Crippen LogP contribution in [0.3, 0.4) is 0 Å². The van der Waals surface area contributed by atoms with Crippen LogP contribution in [0.2, 0.25) is 0 Å². The normalized spacial score (nSPS) is 11.6. The summed E-state index contributed by atoms with van der Waals surface area (Å²) in [5.41, 5.74) is 3.24. The Bertz CT molecular complexity index is 1780. The van der Waals surface area contributed by atoms with E-state index in [0.29, 0.717) is 13.2 Å². The predicted octanol–water partition coefficient (Wildman–Crippen LogP) is 16.7. The zero-order valence-corrected chi connectivity index (χ0v) is 38.0. The molecular weight excluding hydrogens is 775 g/mol. The first kappa shape index (κ1) is 49.8. The van der Waals surface area contributed by atoms with Crippen LogP contribution in [0.4, 0.5) is 10.5 Å². The molecule has 62 heavy (non-hydrogen) atoms. The number of ether oxygens (including phenoxy) is 4. The fourth-order valence-electron chi connectivity index (χ4n) is 7.89. The molecule has 0 saturated carbocycles. The van der Waals surface area contributed by atoms with Gasteiger partial charge in [-0.2, -0.15) is 0 Å². The SMILES string of the molecule is CCCCCCCCCCCCCCOc1ccc(C(OC(=O)Oc2ccc([N+](=O)[O-])cc2)c2ccc(OCCCCCCCCCCCCCC)cc2-c2ccccc2)cc1. The lowest BCUT2D eigenvalue weighted by Gasteiger charge is -2.22. The van der Waals surface area contributed by atoms with Gasteiger partial charge in [-0.15, -0.1) is 0 Å². The minimum Gasteiger partial charge on any atom is -0.494 e. The lowest BCUT2D eigenvalue weighted by molar-refractivity contribution is -0.384. The van der Waals surface area contributed by atoms with E-state index >= 15 is 0 Å². The lowest BCUT2D eigenvalue weighted by Crippen LogP contribution is -2.17. The van der Waals surface area contributed by atoms with Crippen molar-refractivity contribution in [2.45, 2.75) is 174 Å². The molecule has 4 aromatic rings. The number of non-ortho nitro benzene ring substituents is 1. The van der Waals surface area contributed by atoms with E-state index in [0.717, 1.165) is 59.4 Å². The molecule has 4 aromatic carbocycles. The maximum Gasteiger partial charge on any atom is 0.514 e. The first-order valence-corrected chi connectivity index (χ1v) is 24.2. The zero-order chi connectivity index (χ0) is 43.9. The number of unbranched alkanes of at least 4 members (excludes halogenated alkanes) is 22. The Hall–Kier alpha value is -4.85. The van der Waals surface area contributed by atoms with E-state index in [1.54, 1.807) is 0 Å². The van der Waals surface area contributed by atoms with Crippen molar-refractivity contribution in [2.24, 2.45) is 0 Å². The molecule has 1 unspecified atom stereocenters. The molecule has 0 radical (unpaired) electrons. The molecule has 8 heteroatoms. The third-order valence-electron chi connectivity index (χ3n) is 11.6. The van der Waals surface area contributed by atoms with Crippen molar-refractivity contribution in [1.29, 1.82) is 0 Å². The smallest absolute Gasteiger partial charge is 0.494 e. The molecular formula is C54H75NO7. The van der Waals surface area contributed by atoms with Gasteiger partial charge in [-0.1, -0.05) is 204 Å². The van der Waals surface area contributed by atoms with E-state index in [2.05, 4.69) is 13.8 Å². The fourth-order valence-corrected chi connectivity index (χ4v) is 7.89. The van der Waals surface area contributed by atoms with E-state index < -0.39 is 17.2 Å². The summed E-state index contributed by atoms with van der Waals surface area (Å²) < 4.78 is 24.1. The van der Waals surface area contributed by atoms with Crippen molar-refractivity contribution in [3.63, 3.8) is 0 Å². The molecule has 0 fully saturated rings. The van der Waals surface area contributed by atoms with E-state index in [4.69, 9.17) is 18.9 Å². The summed E-state index contributed by atoms with van der Waals surface area (Å²) in [7, 11) is 0. The number of benzene rings is 4. The molecule has 338 valence electrons. The molecule has 0 N–H and O–H groups in total. The predicted molar refractivity (Wildman–Crippen MR) is 254 cm³/mol. The lowest BCUT2D eigenvalue weighted by atomic mass is 9.92. The number of hydrogen-bond acceptors (Lipinski definition) is 7. The van der Waals surface area contributed by atoms with Gasteiger partial charge in [-0.25, -0.2) is 4.79 Å². The largest absolute Gasteiger partial charge is 0.514 e. The van der Waals surface area contributed by atoms with Crippen molar-refractivity contribution in [3.8, 4) is 28.4 Å². The molecule has 0 aromatic heterocycles. The van der Waals surface area contributed by atoms with Crippen LogP contribution < -0.4 is 14.2 Å². The van der Waals surface area contributed by atoms with Crippen LogP contribution in [0.1, 0.15) is 185 Å². The molecule has 0 aliphatic rings. The summed E-state index contributed by atoms with van der Waals surface area (Å²) in [6, 6.07) is 29.0. The second kappa shape index (κ2) is 31.1. The monoisotopic (exact) mass is 850 g/mol. The van der Waals surface area contributed by atoms with Crippen molar-refractivity contribution in [1.82, 2.24) is 0 Å². The van der Waals surface area contributed by atoms with Crippen molar-refractivity contribution >= 4 is 11.8 Å². The summed E-state index contributed by atoms with van der Waals surface area (Å²) in [6.45, 7) is 5.82. The van der Waals surface area contributed by atoms with Crippen LogP contribution in [-0.2, 0) is 4.74 Å². The summed E-state index contributed by atoms with van der Waals surface area (Å²) in [5.74, 6) is 1.66. The van der Waals surface area contributed by atoms with Gasteiger partial charge in [0.2, 0.25) is 0 Å². The summed E-state index contributed by atoms with van der Waals surface area (Å²) in [4.78, 5) is 24.1. The van der Waals surface area contributed by atoms with Gasteiger partial charge in [0.05, 0.1) is 18.1 Å². The number of hydrogen-bond donors (Lipinski definition) is 0. The van der Waals surface area contributed by atoms with Crippen molar-refractivity contribution in [2.75, 3.05) is 13.2 Å². The average molecular weight is 850 g/mol. The third-order valence-corrected chi connectivity index (χ3v) is 11.6. The van der Waals surface area contributed by atoms with Gasteiger partial charge in [0.15, 0.2) is 6.10 Å². The molecule has 0 saturated heterocycles. The van der Waals surface area contributed by atoms with E-state index in [1.165, 1.54) is 153 Å². The Morgan fingerprint density at radius 1 is 0.516 bits per heavy atom. The number of carbonyl (C=O) groups excluding carboxylic acids is 1. The first-order valence-electron chi connectivity index (χ1n) is 24.2. The van der Waals surface area contributed by atoms with Crippen LogP contribution in [0.25, 0.3) is 11.1 Å². The van der Waals surface area contributed by atoms with Crippen LogP contribution in [0.15, 0.2) is 97.1 Å². The Labute approximate surface area is 373 Å². The van der Waals surface area contributed by atoms with Gasteiger partial charge in [0.1, 0.15) is 17.2 Å². The molecule has 0 bridgehead atoms. The molecule has 0 spiro atoms. The second-order valence-electron chi connectivity index (χ2n) is 16.8. The molecule has 0 aliphatic carbocycles. The standard InChI is InChI=1S/C54H75NO7/c1-3-5-7-9-11-13-15-17-19-21-23-28-42-59-48-36-32-46(33-37-48)53(62-54(56)61-49-38-34-47(35-39-49)55(57)58)51-41-40-50(44-52(51)45-30-26-25-27-31-45)60-43-29-24-22-20-18-16-14-12-10-8-6-4-2/h25-27,30-41,44,53H,3-24,28-29,42-43H2,1-2H3. The number of nitro groups is 1. The number of rotatable bonds is 34. The Kier molecular flexibility index (Phi) is 25.0. The Balaban J connectivity index is 1.37. The highest BCUT2D eigenvalue weighted by atomic mass is 16.7. The highest BCUT2D eigenvalue weighted by Crippen LogP contribution is 2.38. The fraction of sp³-hybridized carbons (Fsp3) is 0.537. The van der Waals surface area contributed by atoms with E-state index in [9.17, 15) is 14.9 Å². The molecule has 0 heterocycles. The molecule has 0 amide bonds. The van der Waals surface area contributed by atoms with Crippen molar-refractivity contribution < 1.29 is 28.7 Å². The summed E-state index contributed by atoms with van der Waals surface area (Å²) in [5, 5.41) is 11.2. The van der Waals surface area contributed by atoms with Crippen molar-refractivity contribution in [3.05, 3.63) is 118 Å². The summed E-state index contributed by atoms with van der Waals surface area (Å²) >= 11 is 0. The van der Waals surface area contributed by atoms with Gasteiger partial charge < -0.3 is 18.9 Å². The number of nitro benzene ring substituents is 1. The Morgan fingerprint density at radius 2 is 0.952 bits per heavy atom. The Morgan fingerprint density at radius 3 is 1.44 bits per heavy atom.